The molecule has 2 N–H and O–H groups in total. The summed E-state index contributed by atoms with van der Waals surface area (Å²) in [4.78, 5) is 29.9. The summed E-state index contributed by atoms with van der Waals surface area (Å²) in [6.45, 7) is 0.181. The maximum absolute atomic E-state index is 12.8. The Balaban J connectivity index is 1.54. The van der Waals surface area contributed by atoms with Crippen molar-refractivity contribution in [1.29, 1.82) is 0 Å². The first kappa shape index (κ1) is 21.4. The molecule has 0 bridgehead atoms. The molecule has 0 aliphatic carbocycles. The SMILES string of the molecule is COc1cccc(NC(=O)Cn2c(CNC(=O)c3ccccc3Cl)nc3ccccc32)c1. The lowest BCUT2D eigenvalue weighted by molar-refractivity contribution is -0.116. The summed E-state index contributed by atoms with van der Waals surface area (Å²) in [6, 6.07) is 21.5. The fraction of sp³-hybridized carbons (Fsp3) is 0.125. The van der Waals surface area contributed by atoms with E-state index in [1.165, 1.54) is 0 Å². The average molecular weight is 449 g/mol. The number of hydrogen-bond donors (Lipinski definition) is 2. The second-order valence-corrected chi connectivity index (χ2v) is 7.45. The zero-order valence-corrected chi connectivity index (χ0v) is 18.1. The van der Waals surface area contributed by atoms with Crippen molar-refractivity contribution < 1.29 is 14.3 Å². The third kappa shape index (κ3) is 4.73. The number of aromatic nitrogens is 2. The van der Waals surface area contributed by atoms with Crippen molar-refractivity contribution in [2.45, 2.75) is 13.1 Å². The summed E-state index contributed by atoms with van der Waals surface area (Å²) in [5.41, 5.74) is 2.55. The Morgan fingerprint density at radius 1 is 1.03 bits per heavy atom. The molecule has 2 amide bonds. The van der Waals surface area contributed by atoms with Gasteiger partial charge in [-0.25, -0.2) is 4.98 Å². The molecule has 4 rings (SSSR count). The Morgan fingerprint density at radius 3 is 2.62 bits per heavy atom. The van der Waals surface area contributed by atoms with Crippen molar-refractivity contribution in [3.05, 3.63) is 89.2 Å². The van der Waals surface area contributed by atoms with Gasteiger partial charge >= 0.3 is 0 Å². The van der Waals surface area contributed by atoms with Gasteiger partial charge in [0.05, 0.1) is 35.3 Å². The number of nitrogens with one attached hydrogen (secondary N) is 2. The summed E-state index contributed by atoms with van der Waals surface area (Å²) in [5, 5.41) is 6.08. The van der Waals surface area contributed by atoms with Gasteiger partial charge in [-0.1, -0.05) is 41.9 Å². The van der Waals surface area contributed by atoms with Crippen LogP contribution in [-0.4, -0.2) is 28.5 Å². The number of rotatable bonds is 7. The lowest BCUT2D eigenvalue weighted by Crippen LogP contribution is -2.26. The van der Waals surface area contributed by atoms with Gasteiger partial charge in [0.2, 0.25) is 5.91 Å². The predicted octanol–water partition coefficient (Wildman–Crippen LogP) is 4.27. The minimum Gasteiger partial charge on any atom is -0.497 e. The molecule has 0 atom stereocenters. The maximum Gasteiger partial charge on any atom is 0.253 e. The number of carbonyl (C=O) groups excluding carboxylic acids is 2. The van der Waals surface area contributed by atoms with Crippen LogP contribution in [0.3, 0.4) is 0 Å². The number of imidazole rings is 1. The number of anilines is 1. The minimum absolute atomic E-state index is 0.0367. The highest BCUT2D eigenvalue weighted by Crippen LogP contribution is 2.19. The van der Waals surface area contributed by atoms with Crippen molar-refractivity contribution in [3.8, 4) is 5.75 Å². The number of methoxy groups -OCH3 is 1. The zero-order valence-electron chi connectivity index (χ0n) is 17.3. The molecule has 32 heavy (non-hydrogen) atoms. The van der Waals surface area contributed by atoms with E-state index in [2.05, 4.69) is 15.6 Å². The molecule has 3 aromatic carbocycles. The van der Waals surface area contributed by atoms with Gasteiger partial charge in [0.1, 0.15) is 18.1 Å². The molecular formula is C24H21ClN4O3. The van der Waals surface area contributed by atoms with E-state index in [0.717, 1.165) is 11.0 Å². The van der Waals surface area contributed by atoms with Crippen LogP contribution in [0, 0.1) is 0 Å². The van der Waals surface area contributed by atoms with Crippen LogP contribution >= 0.6 is 11.6 Å². The Morgan fingerprint density at radius 2 is 1.81 bits per heavy atom. The summed E-state index contributed by atoms with van der Waals surface area (Å²) in [6.07, 6.45) is 0. The fourth-order valence-electron chi connectivity index (χ4n) is 3.38. The number of hydrogen-bond acceptors (Lipinski definition) is 4. The molecule has 1 aromatic heterocycles. The molecule has 0 saturated heterocycles. The van der Waals surface area contributed by atoms with Crippen LogP contribution in [-0.2, 0) is 17.9 Å². The smallest absolute Gasteiger partial charge is 0.253 e. The molecule has 0 radical (unpaired) electrons. The molecular weight excluding hydrogens is 428 g/mol. The molecule has 1 heterocycles. The lowest BCUT2D eigenvalue weighted by atomic mass is 10.2. The van der Waals surface area contributed by atoms with Crippen LogP contribution in [0.25, 0.3) is 11.0 Å². The first-order valence-corrected chi connectivity index (χ1v) is 10.3. The van der Waals surface area contributed by atoms with Crippen LogP contribution in [0.1, 0.15) is 16.2 Å². The van der Waals surface area contributed by atoms with Gasteiger partial charge in [-0.2, -0.15) is 0 Å². The van der Waals surface area contributed by atoms with Crippen LogP contribution in [0.2, 0.25) is 5.02 Å². The van der Waals surface area contributed by atoms with E-state index in [1.54, 1.807) is 60.2 Å². The van der Waals surface area contributed by atoms with Gasteiger partial charge in [0.15, 0.2) is 0 Å². The highest BCUT2D eigenvalue weighted by molar-refractivity contribution is 6.33. The maximum atomic E-state index is 12.8. The van der Waals surface area contributed by atoms with E-state index >= 15 is 0 Å². The number of ether oxygens (including phenoxy) is 1. The number of fused-ring (bicyclic) bond motifs is 1. The summed E-state index contributed by atoms with van der Waals surface area (Å²) in [7, 11) is 1.57. The molecule has 0 aliphatic rings. The van der Waals surface area contributed by atoms with Gasteiger partial charge < -0.3 is 19.9 Å². The Bertz CT molecular complexity index is 1290. The van der Waals surface area contributed by atoms with E-state index in [4.69, 9.17) is 16.3 Å². The summed E-state index contributed by atoms with van der Waals surface area (Å²) < 4.78 is 6.99. The number of para-hydroxylation sites is 2. The topological polar surface area (TPSA) is 85.2 Å². The average Bonchev–Trinajstić information content (AvgIpc) is 3.15. The normalized spacial score (nSPS) is 10.7. The zero-order chi connectivity index (χ0) is 22.5. The molecule has 162 valence electrons. The lowest BCUT2D eigenvalue weighted by Gasteiger charge is -2.12. The third-order valence-electron chi connectivity index (χ3n) is 4.91. The fourth-order valence-corrected chi connectivity index (χ4v) is 3.60. The molecule has 0 saturated carbocycles. The number of nitrogens with zero attached hydrogens (tertiary/aromatic N) is 2. The monoisotopic (exact) mass is 448 g/mol. The van der Waals surface area contributed by atoms with E-state index < -0.39 is 0 Å². The highest BCUT2D eigenvalue weighted by atomic mass is 35.5. The molecule has 4 aromatic rings. The van der Waals surface area contributed by atoms with Gasteiger partial charge in [-0.15, -0.1) is 0 Å². The van der Waals surface area contributed by atoms with Crippen LogP contribution in [0.4, 0.5) is 5.69 Å². The van der Waals surface area contributed by atoms with Gasteiger partial charge in [-0.05, 0) is 36.4 Å². The quantitative estimate of drug-likeness (QED) is 0.442. The van der Waals surface area contributed by atoms with Crippen molar-refractivity contribution in [2.24, 2.45) is 0 Å². The predicted molar refractivity (Wildman–Crippen MR) is 124 cm³/mol. The Hall–Kier alpha value is -3.84. The van der Waals surface area contributed by atoms with Crippen LogP contribution in [0.15, 0.2) is 72.8 Å². The van der Waals surface area contributed by atoms with E-state index in [-0.39, 0.29) is 24.9 Å². The number of halogens is 1. The van der Waals surface area contributed by atoms with Crippen molar-refractivity contribution in [2.75, 3.05) is 12.4 Å². The largest absolute Gasteiger partial charge is 0.497 e. The molecule has 0 spiro atoms. The summed E-state index contributed by atoms with van der Waals surface area (Å²) >= 11 is 6.12. The van der Waals surface area contributed by atoms with Crippen LogP contribution < -0.4 is 15.4 Å². The molecule has 0 aliphatic heterocycles. The first-order valence-electron chi connectivity index (χ1n) is 9.96. The first-order chi connectivity index (χ1) is 15.5. The van der Waals surface area contributed by atoms with E-state index in [9.17, 15) is 9.59 Å². The highest BCUT2D eigenvalue weighted by Gasteiger charge is 2.16. The van der Waals surface area contributed by atoms with E-state index in [0.29, 0.717) is 27.8 Å². The number of carbonyl (C=O) groups is 2. The molecule has 8 heteroatoms. The van der Waals surface area contributed by atoms with E-state index in [1.807, 2.05) is 24.3 Å². The van der Waals surface area contributed by atoms with Crippen molar-refractivity contribution >= 4 is 40.1 Å². The number of amides is 2. The number of benzene rings is 3. The standard InChI is InChI=1S/C24H21ClN4O3/c1-32-17-8-6-7-16(13-17)27-23(30)15-29-21-12-5-4-11-20(21)28-22(29)14-26-24(31)18-9-2-3-10-19(18)25/h2-13H,14-15H2,1H3,(H,26,31)(H,27,30). The second-order valence-electron chi connectivity index (χ2n) is 7.05. The Kier molecular flexibility index (Phi) is 6.37. The second kappa shape index (κ2) is 9.53. The van der Waals surface area contributed by atoms with Gasteiger partial charge in [0.25, 0.3) is 5.91 Å². The molecule has 0 fully saturated rings. The van der Waals surface area contributed by atoms with Crippen LogP contribution in [0.5, 0.6) is 5.75 Å². The van der Waals surface area contributed by atoms with Crippen molar-refractivity contribution in [3.63, 3.8) is 0 Å². The summed E-state index contributed by atoms with van der Waals surface area (Å²) in [5.74, 6) is 0.682. The van der Waals surface area contributed by atoms with Gasteiger partial charge in [0, 0.05) is 11.8 Å². The van der Waals surface area contributed by atoms with Crippen molar-refractivity contribution in [1.82, 2.24) is 14.9 Å². The Labute approximate surface area is 190 Å². The third-order valence-corrected chi connectivity index (χ3v) is 5.24. The van der Waals surface area contributed by atoms with Gasteiger partial charge in [-0.3, -0.25) is 9.59 Å². The minimum atomic E-state index is -0.310. The molecule has 0 unspecified atom stereocenters. The molecule has 7 nitrogen and oxygen atoms in total.